The van der Waals surface area contributed by atoms with Crippen molar-refractivity contribution in [3.63, 3.8) is 0 Å². The van der Waals surface area contributed by atoms with Crippen LogP contribution in [0.15, 0.2) is 33.5 Å². The number of benzene rings is 1. The second kappa shape index (κ2) is 14.9. The number of hydrogen-bond acceptors (Lipinski definition) is 15. The van der Waals surface area contributed by atoms with Crippen molar-refractivity contribution < 1.29 is 66.3 Å². The Kier molecular flexibility index (Phi) is 11.5. The average molecular weight is 650 g/mol. The summed E-state index contributed by atoms with van der Waals surface area (Å²) in [5, 5.41) is 3.14. The van der Waals surface area contributed by atoms with Crippen LogP contribution in [-0.4, -0.2) is 85.7 Å². The normalized spacial score (nSPS) is 22.0. The van der Waals surface area contributed by atoms with Crippen LogP contribution in [0.5, 0.6) is 5.75 Å². The van der Waals surface area contributed by atoms with Crippen molar-refractivity contribution in [1.29, 1.82) is 0 Å². The maximum atomic E-state index is 13.5. The number of rotatable bonds is 11. The molecule has 1 aromatic carbocycles. The lowest BCUT2D eigenvalue weighted by molar-refractivity contribution is -0.289. The van der Waals surface area contributed by atoms with E-state index in [1.54, 1.807) is 13.0 Å². The minimum atomic E-state index is -2.48. The Morgan fingerprint density at radius 1 is 0.957 bits per heavy atom. The predicted octanol–water partition coefficient (Wildman–Crippen LogP) is 1.00. The third kappa shape index (κ3) is 8.80. The van der Waals surface area contributed by atoms with Gasteiger partial charge in [0.05, 0.1) is 19.6 Å². The Balaban J connectivity index is 2.25. The molecule has 0 spiro atoms. The first-order chi connectivity index (χ1) is 21.5. The summed E-state index contributed by atoms with van der Waals surface area (Å²) in [6.07, 6.45) is -6.95. The first kappa shape index (κ1) is 35.5. The molecular formula is C30H35NO15. The van der Waals surface area contributed by atoms with Gasteiger partial charge in [-0.1, -0.05) is 0 Å². The molecule has 1 aliphatic rings. The predicted molar refractivity (Wildman–Crippen MR) is 153 cm³/mol. The fraction of sp³-hybridized carbons (Fsp3) is 0.500. The molecule has 1 aliphatic heterocycles. The Morgan fingerprint density at radius 3 is 2.20 bits per heavy atom. The van der Waals surface area contributed by atoms with E-state index in [-0.39, 0.29) is 11.3 Å². The van der Waals surface area contributed by atoms with Gasteiger partial charge in [-0.2, -0.15) is 0 Å². The number of aryl methyl sites for hydroxylation is 1. The Bertz CT molecular complexity index is 1570. The molecule has 16 heteroatoms. The van der Waals surface area contributed by atoms with Crippen LogP contribution in [0.25, 0.3) is 11.0 Å². The van der Waals surface area contributed by atoms with E-state index in [9.17, 15) is 33.6 Å². The van der Waals surface area contributed by atoms with E-state index in [4.69, 9.17) is 37.6 Å². The van der Waals surface area contributed by atoms with Gasteiger partial charge in [0.2, 0.25) is 5.91 Å². The summed E-state index contributed by atoms with van der Waals surface area (Å²) in [4.78, 5) is 86.4. The van der Waals surface area contributed by atoms with Gasteiger partial charge in [-0.15, -0.1) is 0 Å². The number of nitrogens with one attached hydrogen (secondary N) is 1. The minimum Gasteiger partial charge on any atom is -0.464 e. The highest BCUT2D eigenvalue weighted by molar-refractivity contribution is 5.82. The van der Waals surface area contributed by atoms with Gasteiger partial charge in [0.15, 0.2) is 12.2 Å². The summed E-state index contributed by atoms with van der Waals surface area (Å²) >= 11 is 0. The van der Waals surface area contributed by atoms with Crippen LogP contribution >= 0.6 is 0 Å². The molecule has 6 atom stereocenters. The molecule has 3 rings (SSSR count). The third-order valence-corrected chi connectivity index (χ3v) is 6.70. The van der Waals surface area contributed by atoms with Crippen LogP contribution in [0, 0.1) is 6.92 Å². The number of amides is 1. The average Bonchev–Trinajstić information content (AvgIpc) is 2.93. The third-order valence-electron chi connectivity index (χ3n) is 6.70. The van der Waals surface area contributed by atoms with E-state index in [0.29, 0.717) is 10.9 Å². The molecule has 1 aromatic heterocycles. The summed E-state index contributed by atoms with van der Waals surface area (Å²) < 4.78 is 44.1. The Hall–Kier alpha value is -4.99. The number of carbonyl (C=O) groups excluding carboxylic acids is 6. The van der Waals surface area contributed by atoms with Crippen LogP contribution in [0.1, 0.15) is 46.6 Å². The standard InChI is InChI=1S/C30H35NO15/c1-14-10-25(37)44-22-11-20(8-9-21(14)22)45-30(29(38)39-7)12-23(41-17(4)34)26(31-15(2)32)28(46-30)27(43-19(6)36)24(42-18(5)35)13-40-16(3)33/h8-11,23-24,26-28H,12-13H2,1-7H3,(H,31,32)/t23?,24-,26?,27-,28?,30?/m1/s1. The van der Waals surface area contributed by atoms with Crippen LogP contribution in [-0.2, 0) is 57.2 Å². The van der Waals surface area contributed by atoms with Crippen LogP contribution < -0.4 is 15.7 Å². The summed E-state index contributed by atoms with van der Waals surface area (Å²) in [6.45, 7) is 6.43. The zero-order chi connectivity index (χ0) is 34.3. The van der Waals surface area contributed by atoms with Gasteiger partial charge in [0, 0.05) is 52.1 Å². The maximum absolute atomic E-state index is 13.5. The molecule has 1 amide bonds. The second-order valence-corrected chi connectivity index (χ2v) is 10.4. The number of methoxy groups -OCH3 is 1. The first-order valence-corrected chi connectivity index (χ1v) is 14.0. The fourth-order valence-corrected chi connectivity index (χ4v) is 5.06. The lowest BCUT2D eigenvalue weighted by atomic mass is 9.88. The number of esters is 5. The van der Waals surface area contributed by atoms with Gasteiger partial charge >= 0.3 is 41.3 Å². The van der Waals surface area contributed by atoms with E-state index in [2.05, 4.69) is 5.32 Å². The monoisotopic (exact) mass is 649 g/mol. The van der Waals surface area contributed by atoms with Crippen molar-refractivity contribution in [3.8, 4) is 5.75 Å². The summed E-state index contributed by atoms with van der Waals surface area (Å²) in [5.74, 6) is -7.73. The lowest BCUT2D eigenvalue weighted by Gasteiger charge is -2.48. The van der Waals surface area contributed by atoms with E-state index in [1.807, 2.05) is 0 Å². The van der Waals surface area contributed by atoms with Crippen LogP contribution in [0.2, 0.25) is 0 Å². The van der Waals surface area contributed by atoms with E-state index in [1.165, 1.54) is 18.2 Å². The number of carbonyl (C=O) groups is 6. The van der Waals surface area contributed by atoms with Gasteiger partial charge in [0.25, 0.3) is 0 Å². The molecule has 0 saturated carbocycles. The highest BCUT2D eigenvalue weighted by Gasteiger charge is 2.60. The molecule has 250 valence electrons. The highest BCUT2D eigenvalue weighted by Crippen LogP contribution is 2.38. The van der Waals surface area contributed by atoms with Gasteiger partial charge in [-0.05, 0) is 24.6 Å². The van der Waals surface area contributed by atoms with Crippen molar-refractivity contribution in [2.45, 2.75) is 84.2 Å². The van der Waals surface area contributed by atoms with E-state index in [0.717, 1.165) is 41.7 Å². The largest absolute Gasteiger partial charge is 0.464 e. The smallest absolute Gasteiger partial charge is 0.379 e. The Labute approximate surface area is 262 Å². The highest BCUT2D eigenvalue weighted by atomic mass is 16.7. The SMILES string of the molecule is COC(=O)C1(Oc2ccc3c(C)cc(=O)oc3c2)CC(OC(C)=O)C(NC(C)=O)C([C@H](OC(C)=O)[C@@H](COC(C)=O)OC(C)=O)O1. The maximum Gasteiger partial charge on any atom is 0.379 e. The van der Waals surface area contributed by atoms with Crippen molar-refractivity contribution in [2.24, 2.45) is 0 Å². The molecule has 1 fully saturated rings. The first-order valence-electron chi connectivity index (χ1n) is 14.0. The molecule has 1 N–H and O–H groups in total. The van der Waals surface area contributed by atoms with E-state index < -0.39 is 90.7 Å². The molecular weight excluding hydrogens is 614 g/mol. The zero-order valence-corrected chi connectivity index (χ0v) is 26.2. The lowest BCUT2D eigenvalue weighted by Crippen LogP contribution is -2.70. The van der Waals surface area contributed by atoms with Crippen molar-refractivity contribution >= 4 is 46.7 Å². The molecule has 46 heavy (non-hydrogen) atoms. The summed E-state index contributed by atoms with van der Waals surface area (Å²) in [5.41, 5.74) is 0.0769. The second-order valence-electron chi connectivity index (χ2n) is 10.4. The van der Waals surface area contributed by atoms with Crippen molar-refractivity contribution in [3.05, 3.63) is 40.2 Å². The molecule has 4 unspecified atom stereocenters. The number of hydrogen-bond donors (Lipinski definition) is 1. The van der Waals surface area contributed by atoms with Crippen molar-refractivity contribution in [1.82, 2.24) is 5.32 Å². The number of ether oxygens (including phenoxy) is 7. The van der Waals surface area contributed by atoms with Crippen LogP contribution in [0.3, 0.4) is 0 Å². The topological polar surface area (TPSA) is 209 Å². The number of fused-ring (bicyclic) bond motifs is 1. The van der Waals surface area contributed by atoms with E-state index >= 15 is 0 Å². The molecule has 0 radical (unpaired) electrons. The summed E-state index contributed by atoms with van der Waals surface area (Å²) in [7, 11) is 1.03. The molecule has 1 saturated heterocycles. The van der Waals surface area contributed by atoms with Crippen LogP contribution in [0.4, 0.5) is 0 Å². The molecule has 2 aromatic rings. The van der Waals surface area contributed by atoms with Crippen molar-refractivity contribution in [2.75, 3.05) is 13.7 Å². The van der Waals surface area contributed by atoms with Gasteiger partial charge in [0.1, 0.15) is 30.1 Å². The molecule has 0 bridgehead atoms. The summed E-state index contributed by atoms with van der Waals surface area (Å²) in [6, 6.07) is 4.27. The molecule has 2 heterocycles. The minimum absolute atomic E-state index is 0.0644. The zero-order valence-electron chi connectivity index (χ0n) is 26.2. The Morgan fingerprint density at radius 2 is 1.63 bits per heavy atom. The molecule has 16 nitrogen and oxygen atoms in total. The van der Waals surface area contributed by atoms with Gasteiger partial charge < -0.3 is 42.9 Å². The molecule has 0 aliphatic carbocycles. The quantitative estimate of drug-likeness (QED) is 0.204. The van der Waals surface area contributed by atoms with Gasteiger partial charge in [-0.3, -0.25) is 24.0 Å². The fourth-order valence-electron chi connectivity index (χ4n) is 5.06. The van der Waals surface area contributed by atoms with Gasteiger partial charge in [-0.25, -0.2) is 9.59 Å².